The molecule has 54 valence electrons. The molecule has 0 aromatic heterocycles. The zero-order valence-electron chi connectivity index (χ0n) is 6.22. The lowest BCUT2D eigenvalue weighted by Gasteiger charge is -1.92. The second kappa shape index (κ2) is 6.14. The van der Waals surface area contributed by atoms with Gasteiger partial charge in [0.15, 0.2) is 0 Å². The molecule has 0 saturated heterocycles. The van der Waals surface area contributed by atoms with Crippen molar-refractivity contribution in [3.8, 4) is 0 Å². The monoisotopic (exact) mass is 147 g/mol. The number of rotatable bonds is 5. The fourth-order valence-electron chi connectivity index (χ4n) is 0.885. The van der Waals surface area contributed by atoms with E-state index in [4.69, 9.17) is 0 Å². The van der Waals surface area contributed by atoms with Gasteiger partial charge in [0.05, 0.1) is 0 Å². The summed E-state index contributed by atoms with van der Waals surface area (Å²) in [5, 5.41) is 0.375. The van der Waals surface area contributed by atoms with Crippen molar-refractivity contribution in [3.63, 3.8) is 0 Å². The highest BCUT2D eigenvalue weighted by Crippen LogP contribution is 2.05. The highest BCUT2D eigenvalue weighted by atomic mass is 32.1. The van der Waals surface area contributed by atoms with Gasteiger partial charge in [-0.2, -0.15) is 0 Å². The molecule has 0 spiro atoms. The summed E-state index contributed by atoms with van der Waals surface area (Å²) in [5.41, 5.74) is 0. The van der Waals surface area contributed by atoms with Crippen LogP contribution < -0.4 is 0 Å². The Hall–Kier alpha value is 0.0200. The summed E-state index contributed by atoms with van der Waals surface area (Å²) in [5.74, 6) is 0. The molecule has 0 aliphatic carbocycles. The molecule has 0 rings (SSSR count). The van der Waals surface area contributed by atoms with Crippen molar-refractivity contribution in [3.05, 3.63) is 0 Å². The van der Waals surface area contributed by atoms with E-state index >= 15 is 0 Å². The Bertz CT molecular complexity index is 67.3. The van der Waals surface area contributed by atoms with Gasteiger partial charge in [-0.1, -0.05) is 26.7 Å². The maximum atomic E-state index is 10.3. The first-order chi connectivity index (χ1) is 4.35. The van der Waals surface area contributed by atoms with E-state index in [2.05, 4.69) is 13.8 Å². The van der Waals surface area contributed by atoms with Crippen molar-refractivity contribution < 1.29 is 4.21 Å². The maximum Gasteiger partial charge on any atom is 0.462 e. The first kappa shape index (κ1) is 9.02. The summed E-state index contributed by atoms with van der Waals surface area (Å²) in [4.78, 5) is 0. The van der Waals surface area contributed by atoms with E-state index in [1.54, 1.807) is 0 Å². The van der Waals surface area contributed by atoms with Crippen LogP contribution in [0.1, 0.15) is 39.5 Å². The van der Waals surface area contributed by atoms with Gasteiger partial charge in [0.2, 0.25) is 5.25 Å². The van der Waals surface area contributed by atoms with E-state index in [-0.39, 0.29) is 0 Å². The number of hydrogen-bond donors (Lipinski definition) is 0. The maximum absolute atomic E-state index is 10.3. The fraction of sp³-hybridized carbons (Fsp3) is 1.00. The molecule has 0 atom stereocenters. The van der Waals surface area contributed by atoms with Crippen molar-refractivity contribution in [1.29, 1.82) is 0 Å². The zero-order valence-corrected chi connectivity index (χ0v) is 7.04. The largest absolute Gasteiger partial charge is 0.462 e. The molecule has 0 aromatic carbocycles. The topological polar surface area (TPSA) is 17.1 Å². The lowest BCUT2D eigenvalue weighted by Crippen LogP contribution is -2.03. The number of hydrogen-bond acceptors (Lipinski definition) is 1. The third-order valence-corrected chi connectivity index (χ3v) is 2.10. The van der Waals surface area contributed by atoms with E-state index < -0.39 is 0 Å². The van der Waals surface area contributed by atoms with Gasteiger partial charge in [-0.3, -0.25) is 0 Å². The van der Waals surface area contributed by atoms with Gasteiger partial charge in [-0.05, 0) is 0 Å². The minimum absolute atomic E-state index is 0.375. The van der Waals surface area contributed by atoms with Gasteiger partial charge in [0, 0.05) is 17.1 Å². The van der Waals surface area contributed by atoms with Crippen LogP contribution >= 0.6 is 0 Å². The van der Waals surface area contributed by atoms with Crippen LogP contribution in [0.5, 0.6) is 0 Å². The Morgan fingerprint density at radius 3 is 1.89 bits per heavy atom. The Balaban J connectivity index is 3.29. The quantitative estimate of drug-likeness (QED) is 0.546. The molecule has 0 aliphatic heterocycles. The zero-order chi connectivity index (χ0) is 7.11. The standard InChI is InChI=1S/C7H15OS/c1-3-5-7(9-8)6-4-2/h7H,3-6H2,1-2H3/q+1. The third-order valence-electron chi connectivity index (χ3n) is 1.36. The summed E-state index contributed by atoms with van der Waals surface area (Å²) in [7, 11) is 0. The molecule has 2 heteroatoms. The average Bonchev–Trinajstić information content (AvgIpc) is 1.88. The third kappa shape index (κ3) is 4.52. The molecule has 0 radical (unpaired) electrons. The lowest BCUT2D eigenvalue weighted by atomic mass is 10.2. The molecule has 9 heavy (non-hydrogen) atoms. The van der Waals surface area contributed by atoms with Gasteiger partial charge >= 0.3 is 11.7 Å². The summed E-state index contributed by atoms with van der Waals surface area (Å²) < 4.78 is 10.3. The molecule has 0 bridgehead atoms. The van der Waals surface area contributed by atoms with E-state index in [1.807, 2.05) is 0 Å². The summed E-state index contributed by atoms with van der Waals surface area (Å²) in [6.45, 7) is 4.25. The van der Waals surface area contributed by atoms with Gasteiger partial charge in [-0.15, -0.1) is 0 Å². The molecule has 0 amide bonds. The van der Waals surface area contributed by atoms with Crippen LogP contribution in [0.25, 0.3) is 0 Å². The molecule has 0 fully saturated rings. The highest BCUT2D eigenvalue weighted by Gasteiger charge is 2.17. The van der Waals surface area contributed by atoms with Gasteiger partial charge < -0.3 is 0 Å². The van der Waals surface area contributed by atoms with Crippen molar-refractivity contribution >= 4 is 11.7 Å². The summed E-state index contributed by atoms with van der Waals surface area (Å²) in [6.07, 6.45) is 4.45. The molecule has 0 N–H and O–H groups in total. The normalized spacial score (nSPS) is 10.1. The summed E-state index contributed by atoms with van der Waals surface area (Å²) >= 11 is 0.769. The Morgan fingerprint density at radius 2 is 1.67 bits per heavy atom. The van der Waals surface area contributed by atoms with E-state index in [0.717, 1.165) is 37.3 Å². The van der Waals surface area contributed by atoms with Gasteiger partial charge in [-0.25, -0.2) is 0 Å². The molecule has 0 aromatic rings. The minimum atomic E-state index is 0.375. The molecule has 0 aliphatic rings. The SMILES string of the molecule is CCCC(CCC)[S+]=O. The molecule has 0 heterocycles. The molecule has 1 nitrogen and oxygen atoms in total. The second-order valence-electron chi connectivity index (χ2n) is 2.30. The second-order valence-corrected chi connectivity index (χ2v) is 3.15. The van der Waals surface area contributed by atoms with Crippen LogP contribution in [0.15, 0.2) is 0 Å². The van der Waals surface area contributed by atoms with Crippen molar-refractivity contribution in [2.75, 3.05) is 0 Å². The lowest BCUT2D eigenvalue weighted by molar-refractivity contribution is 0.582. The van der Waals surface area contributed by atoms with E-state index in [1.165, 1.54) is 0 Å². The van der Waals surface area contributed by atoms with Crippen molar-refractivity contribution in [2.24, 2.45) is 0 Å². The first-order valence-electron chi connectivity index (χ1n) is 3.63. The van der Waals surface area contributed by atoms with E-state index in [0.29, 0.717) is 5.25 Å². The van der Waals surface area contributed by atoms with Gasteiger partial charge in [0.1, 0.15) is 0 Å². The van der Waals surface area contributed by atoms with Crippen LogP contribution in [0.4, 0.5) is 0 Å². The Kier molecular flexibility index (Phi) is 6.16. The van der Waals surface area contributed by atoms with Crippen LogP contribution in [0.2, 0.25) is 0 Å². The first-order valence-corrected chi connectivity index (χ1v) is 4.44. The molecular formula is C7H15OS+. The Morgan fingerprint density at radius 1 is 1.22 bits per heavy atom. The molecular weight excluding hydrogens is 132 g/mol. The van der Waals surface area contributed by atoms with Crippen LogP contribution in [0, 0.1) is 0 Å². The molecule has 0 saturated carbocycles. The van der Waals surface area contributed by atoms with Crippen LogP contribution in [-0.2, 0) is 15.9 Å². The van der Waals surface area contributed by atoms with Crippen molar-refractivity contribution in [2.45, 2.75) is 44.8 Å². The average molecular weight is 147 g/mol. The fourth-order valence-corrected chi connectivity index (χ4v) is 1.55. The van der Waals surface area contributed by atoms with E-state index in [9.17, 15) is 4.21 Å². The molecule has 0 unspecified atom stereocenters. The smallest absolute Gasteiger partial charge is 0.0652 e. The van der Waals surface area contributed by atoms with Gasteiger partial charge in [0.25, 0.3) is 0 Å². The van der Waals surface area contributed by atoms with Crippen molar-refractivity contribution in [1.82, 2.24) is 0 Å². The van der Waals surface area contributed by atoms with Crippen LogP contribution in [0.3, 0.4) is 0 Å². The minimum Gasteiger partial charge on any atom is -0.0652 e. The highest BCUT2D eigenvalue weighted by molar-refractivity contribution is 7.66. The van der Waals surface area contributed by atoms with Crippen LogP contribution in [-0.4, -0.2) is 5.25 Å². The Labute approximate surface area is 61.3 Å². The summed E-state index contributed by atoms with van der Waals surface area (Å²) in [6, 6.07) is 0. The predicted molar refractivity (Wildman–Crippen MR) is 41.7 cm³/mol. The predicted octanol–water partition coefficient (Wildman–Crippen LogP) is 2.38.